The fourth-order valence-corrected chi connectivity index (χ4v) is 3.28. The number of nitro benzene ring substituents is 1. The maximum atomic E-state index is 14.2. The predicted octanol–water partition coefficient (Wildman–Crippen LogP) is 6.11. The van der Waals surface area contributed by atoms with Crippen molar-refractivity contribution in [2.24, 2.45) is 0 Å². The molecule has 3 aromatic rings. The molecule has 3 aromatic carbocycles. The monoisotopic (exact) mass is 444 g/mol. The number of benzene rings is 3. The molecule has 166 valence electrons. The maximum Gasteiger partial charge on any atom is 0.269 e. The van der Waals surface area contributed by atoms with Gasteiger partial charge in [-0.05, 0) is 54.0 Å². The molecule has 0 bridgehead atoms. The maximum absolute atomic E-state index is 14.2. The number of ether oxygens (including phenoxy) is 2. The lowest BCUT2D eigenvalue weighted by Crippen LogP contribution is -2.02. The van der Waals surface area contributed by atoms with E-state index in [4.69, 9.17) is 9.47 Å². The molecule has 0 unspecified atom stereocenters. The number of nitrogens with zero attached hydrogens (tertiary/aromatic N) is 2. The van der Waals surface area contributed by atoms with Crippen molar-refractivity contribution in [2.45, 2.75) is 13.0 Å². The Hall–Kier alpha value is -4.44. The lowest BCUT2D eigenvalue weighted by atomic mass is 10.0. The first kappa shape index (κ1) is 23.2. The molecule has 0 atom stereocenters. The second-order valence-corrected chi connectivity index (χ2v) is 7.07. The molecule has 0 radical (unpaired) electrons. The van der Waals surface area contributed by atoms with Crippen molar-refractivity contribution >= 4 is 17.3 Å². The van der Waals surface area contributed by atoms with Crippen molar-refractivity contribution in [3.63, 3.8) is 0 Å². The highest BCUT2D eigenvalue weighted by atomic mass is 19.1. The number of allylic oxidation sites excluding steroid dienone is 2. The number of halogens is 1. The molecule has 0 N–H and O–H groups in total. The molecule has 0 aliphatic carbocycles. The van der Waals surface area contributed by atoms with Gasteiger partial charge >= 0.3 is 0 Å². The van der Waals surface area contributed by atoms with E-state index in [9.17, 15) is 19.8 Å². The van der Waals surface area contributed by atoms with E-state index in [2.05, 4.69) is 12.6 Å². The van der Waals surface area contributed by atoms with Gasteiger partial charge in [0.2, 0.25) is 0 Å². The van der Waals surface area contributed by atoms with E-state index < -0.39 is 10.7 Å². The van der Waals surface area contributed by atoms with Gasteiger partial charge in [-0.1, -0.05) is 24.3 Å². The smallest absolute Gasteiger partial charge is 0.269 e. The normalized spacial score (nSPS) is 10.9. The van der Waals surface area contributed by atoms with E-state index in [1.54, 1.807) is 48.6 Å². The zero-order valence-electron chi connectivity index (χ0n) is 18.0. The fourth-order valence-electron chi connectivity index (χ4n) is 3.28. The van der Waals surface area contributed by atoms with Gasteiger partial charge in [0.1, 0.15) is 12.4 Å². The zero-order valence-corrected chi connectivity index (χ0v) is 18.0. The number of methoxy groups -OCH3 is 1. The molecule has 7 heteroatoms. The van der Waals surface area contributed by atoms with Crippen LogP contribution in [0.15, 0.2) is 73.3 Å². The van der Waals surface area contributed by atoms with Gasteiger partial charge in [0.25, 0.3) is 5.69 Å². The molecule has 0 heterocycles. The Balaban J connectivity index is 1.95. The SMILES string of the molecule is C=CCc1cc(/C=C(/C#N)c2ccccc2F)cc(OC)c1OCc1ccc([N+](=O)[O-])cc1. The summed E-state index contributed by atoms with van der Waals surface area (Å²) in [5.74, 6) is 0.456. The van der Waals surface area contributed by atoms with Crippen LogP contribution in [0, 0.1) is 27.3 Å². The van der Waals surface area contributed by atoms with Crippen LogP contribution in [0.3, 0.4) is 0 Å². The summed E-state index contributed by atoms with van der Waals surface area (Å²) in [5, 5.41) is 20.4. The summed E-state index contributed by atoms with van der Waals surface area (Å²) >= 11 is 0. The summed E-state index contributed by atoms with van der Waals surface area (Å²) in [6.07, 6.45) is 3.77. The minimum Gasteiger partial charge on any atom is -0.493 e. The number of hydrogen-bond acceptors (Lipinski definition) is 5. The van der Waals surface area contributed by atoms with Crippen molar-refractivity contribution in [3.8, 4) is 17.6 Å². The van der Waals surface area contributed by atoms with Crippen LogP contribution in [0.5, 0.6) is 11.5 Å². The minimum atomic E-state index is -0.480. The Labute approximate surface area is 191 Å². The van der Waals surface area contributed by atoms with Crippen LogP contribution in [0.1, 0.15) is 22.3 Å². The summed E-state index contributed by atoms with van der Waals surface area (Å²) in [5.41, 5.74) is 2.56. The first-order chi connectivity index (χ1) is 16.0. The molecule has 0 aliphatic heterocycles. The molecule has 0 saturated heterocycles. The lowest BCUT2D eigenvalue weighted by Gasteiger charge is -2.16. The van der Waals surface area contributed by atoms with Crippen molar-refractivity contribution in [3.05, 3.63) is 112 Å². The molecule has 0 saturated carbocycles. The highest BCUT2D eigenvalue weighted by Crippen LogP contribution is 2.35. The van der Waals surface area contributed by atoms with Crippen LogP contribution in [-0.2, 0) is 13.0 Å². The van der Waals surface area contributed by atoms with Crippen molar-refractivity contribution in [2.75, 3.05) is 7.11 Å². The highest BCUT2D eigenvalue weighted by Gasteiger charge is 2.14. The molecule has 3 rings (SSSR count). The molecule has 6 nitrogen and oxygen atoms in total. The Bertz CT molecular complexity index is 1240. The third-order valence-electron chi connectivity index (χ3n) is 4.86. The predicted molar refractivity (Wildman–Crippen MR) is 124 cm³/mol. The summed E-state index contributed by atoms with van der Waals surface area (Å²) in [6, 6.07) is 17.8. The summed E-state index contributed by atoms with van der Waals surface area (Å²) in [7, 11) is 1.50. The van der Waals surface area contributed by atoms with Gasteiger partial charge in [-0.25, -0.2) is 4.39 Å². The Kier molecular flexibility index (Phi) is 7.55. The number of nitro groups is 1. The molecule has 0 spiro atoms. The molecule has 0 aliphatic rings. The minimum absolute atomic E-state index is 0.00275. The van der Waals surface area contributed by atoms with Gasteiger partial charge in [0.15, 0.2) is 11.5 Å². The van der Waals surface area contributed by atoms with Crippen LogP contribution in [0.25, 0.3) is 11.6 Å². The molecular weight excluding hydrogens is 423 g/mol. The third-order valence-corrected chi connectivity index (χ3v) is 4.86. The molecule has 0 fully saturated rings. The van der Waals surface area contributed by atoms with E-state index in [-0.39, 0.29) is 23.4 Å². The topological polar surface area (TPSA) is 85.4 Å². The van der Waals surface area contributed by atoms with Crippen LogP contribution in [0.4, 0.5) is 10.1 Å². The molecule has 0 amide bonds. The number of nitriles is 1. The van der Waals surface area contributed by atoms with E-state index in [1.165, 1.54) is 25.3 Å². The molecule has 33 heavy (non-hydrogen) atoms. The van der Waals surface area contributed by atoms with Crippen molar-refractivity contribution in [1.82, 2.24) is 0 Å². The summed E-state index contributed by atoms with van der Waals surface area (Å²) in [4.78, 5) is 10.4. The van der Waals surface area contributed by atoms with Gasteiger partial charge in [-0.15, -0.1) is 6.58 Å². The second kappa shape index (κ2) is 10.7. The average Bonchev–Trinajstić information content (AvgIpc) is 2.82. The molecular formula is C26H21FN2O4. The third kappa shape index (κ3) is 5.63. The second-order valence-electron chi connectivity index (χ2n) is 7.07. The van der Waals surface area contributed by atoms with E-state index in [0.717, 1.165) is 11.1 Å². The van der Waals surface area contributed by atoms with Crippen LogP contribution < -0.4 is 9.47 Å². The largest absolute Gasteiger partial charge is 0.493 e. The Morgan fingerprint density at radius 3 is 2.55 bits per heavy atom. The van der Waals surface area contributed by atoms with Crippen molar-refractivity contribution in [1.29, 1.82) is 5.26 Å². The lowest BCUT2D eigenvalue weighted by molar-refractivity contribution is -0.384. The number of hydrogen-bond donors (Lipinski definition) is 0. The first-order valence-electron chi connectivity index (χ1n) is 10.0. The summed E-state index contributed by atoms with van der Waals surface area (Å²) < 4.78 is 25.7. The zero-order chi connectivity index (χ0) is 23.8. The van der Waals surface area contributed by atoms with Gasteiger partial charge in [-0.2, -0.15) is 5.26 Å². The van der Waals surface area contributed by atoms with Gasteiger partial charge in [0.05, 0.1) is 23.7 Å². The number of rotatable bonds is 9. The quantitative estimate of drug-likeness (QED) is 0.131. The number of non-ortho nitro benzene ring substituents is 1. The van der Waals surface area contributed by atoms with Gasteiger partial charge in [-0.3, -0.25) is 10.1 Å². The Morgan fingerprint density at radius 1 is 1.21 bits per heavy atom. The van der Waals surface area contributed by atoms with E-state index in [1.807, 2.05) is 6.07 Å². The fraction of sp³-hybridized carbons (Fsp3) is 0.115. The highest BCUT2D eigenvalue weighted by molar-refractivity contribution is 5.90. The average molecular weight is 444 g/mol. The van der Waals surface area contributed by atoms with E-state index >= 15 is 0 Å². The standard InChI is InChI=1S/C26H21FN2O4/c1-3-6-20-13-19(14-21(16-28)23-7-4-5-8-24(23)27)15-25(32-2)26(20)33-17-18-9-11-22(12-10-18)29(30)31/h3-5,7-15H,1,6,17H2,2H3/b21-14-. The van der Waals surface area contributed by atoms with Crippen LogP contribution >= 0.6 is 0 Å². The van der Waals surface area contributed by atoms with Crippen LogP contribution in [0.2, 0.25) is 0 Å². The van der Waals surface area contributed by atoms with Gasteiger partial charge < -0.3 is 9.47 Å². The van der Waals surface area contributed by atoms with Crippen LogP contribution in [-0.4, -0.2) is 12.0 Å². The Morgan fingerprint density at radius 2 is 1.94 bits per heavy atom. The molecule has 0 aromatic heterocycles. The van der Waals surface area contributed by atoms with Gasteiger partial charge in [0, 0.05) is 23.3 Å². The van der Waals surface area contributed by atoms with E-state index in [0.29, 0.717) is 23.5 Å². The first-order valence-corrected chi connectivity index (χ1v) is 10.0. The van der Waals surface area contributed by atoms with Crippen molar-refractivity contribution < 1.29 is 18.8 Å². The summed E-state index contributed by atoms with van der Waals surface area (Å²) in [6.45, 7) is 3.96.